The van der Waals surface area contributed by atoms with E-state index < -0.39 is 0 Å². The fourth-order valence-corrected chi connectivity index (χ4v) is 3.49. The molecule has 138 valence electrons. The summed E-state index contributed by atoms with van der Waals surface area (Å²) in [6.45, 7) is 3.92. The average molecular weight is 379 g/mol. The second-order valence-electron chi connectivity index (χ2n) is 6.14. The Morgan fingerprint density at radius 3 is 2.41 bits per heavy atom. The molecular weight excluding hydrogens is 358 g/mol. The minimum Gasteiger partial charge on any atom is -0.497 e. The summed E-state index contributed by atoms with van der Waals surface area (Å²) >= 11 is 1.50. The summed E-state index contributed by atoms with van der Waals surface area (Å²) in [6.07, 6.45) is 0.296. The highest BCUT2D eigenvalue weighted by Crippen LogP contribution is 2.26. The number of hydrogen-bond acceptors (Lipinski definition) is 5. The van der Waals surface area contributed by atoms with E-state index in [4.69, 9.17) is 4.74 Å². The number of aromatic nitrogens is 2. The zero-order valence-corrected chi connectivity index (χ0v) is 16.3. The fraction of sp³-hybridized carbons (Fsp3) is 0.190. The molecule has 3 rings (SSSR count). The molecule has 0 spiro atoms. The fourth-order valence-electron chi connectivity index (χ4n) is 2.62. The van der Waals surface area contributed by atoms with Gasteiger partial charge in [-0.2, -0.15) is 0 Å². The van der Waals surface area contributed by atoms with Gasteiger partial charge in [-0.15, -0.1) is 0 Å². The minimum absolute atomic E-state index is 0.0682. The number of nitrogens with one attached hydrogen (secondary N) is 1. The van der Waals surface area contributed by atoms with E-state index in [1.54, 1.807) is 7.11 Å². The SMILES string of the molecule is COc1cccc(CC(=O)Nc2ccc(Sc3nc(C)cc(C)n3)cc2)c1. The van der Waals surface area contributed by atoms with E-state index in [1.807, 2.05) is 68.4 Å². The Kier molecular flexibility index (Phi) is 6.08. The normalized spacial score (nSPS) is 10.5. The first-order valence-electron chi connectivity index (χ1n) is 8.55. The lowest BCUT2D eigenvalue weighted by atomic mass is 10.1. The van der Waals surface area contributed by atoms with Crippen LogP contribution in [-0.4, -0.2) is 23.0 Å². The first-order chi connectivity index (χ1) is 13.0. The second kappa shape index (κ2) is 8.68. The quantitative estimate of drug-likeness (QED) is 0.642. The minimum atomic E-state index is -0.0682. The molecule has 1 amide bonds. The maximum atomic E-state index is 12.3. The number of rotatable bonds is 6. The van der Waals surface area contributed by atoms with Crippen molar-refractivity contribution < 1.29 is 9.53 Å². The van der Waals surface area contributed by atoms with Gasteiger partial charge in [-0.05, 0) is 73.6 Å². The largest absolute Gasteiger partial charge is 0.497 e. The summed E-state index contributed by atoms with van der Waals surface area (Å²) in [4.78, 5) is 22.1. The average Bonchev–Trinajstić information content (AvgIpc) is 2.62. The predicted octanol–water partition coefficient (Wildman–Crippen LogP) is 4.43. The van der Waals surface area contributed by atoms with E-state index in [-0.39, 0.29) is 5.91 Å². The smallest absolute Gasteiger partial charge is 0.228 e. The predicted molar refractivity (Wildman–Crippen MR) is 107 cm³/mol. The molecule has 1 N–H and O–H groups in total. The number of hydrogen-bond donors (Lipinski definition) is 1. The molecule has 0 radical (unpaired) electrons. The van der Waals surface area contributed by atoms with Crippen LogP contribution in [0.4, 0.5) is 5.69 Å². The number of carbonyl (C=O) groups is 1. The maximum absolute atomic E-state index is 12.3. The topological polar surface area (TPSA) is 64.1 Å². The Labute approximate surface area is 163 Å². The molecule has 0 atom stereocenters. The molecule has 27 heavy (non-hydrogen) atoms. The third-order valence-corrected chi connectivity index (χ3v) is 4.68. The highest BCUT2D eigenvalue weighted by Gasteiger charge is 2.07. The summed E-state index contributed by atoms with van der Waals surface area (Å²) < 4.78 is 5.19. The second-order valence-corrected chi connectivity index (χ2v) is 7.18. The molecule has 1 aromatic heterocycles. The van der Waals surface area contributed by atoms with Gasteiger partial charge in [0.2, 0.25) is 5.91 Å². The van der Waals surface area contributed by atoms with Crippen LogP contribution in [0.15, 0.2) is 64.6 Å². The van der Waals surface area contributed by atoms with Crippen LogP contribution in [0.25, 0.3) is 0 Å². The first kappa shape index (κ1) is 18.9. The summed E-state index contributed by atoms with van der Waals surface area (Å²) in [7, 11) is 1.61. The molecule has 1 heterocycles. The molecule has 2 aromatic carbocycles. The van der Waals surface area contributed by atoms with E-state index >= 15 is 0 Å². The number of aryl methyl sites for hydroxylation is 2. The number of benzene rings is 2. The lowest BCUT2D eigenvalue weighted by Crippen LogP contribution is -2.14. The molecule has 0 bridgehead atoms. The zero-order chi connectivity index (χ0) is 19.2. The maximum Gasteiger partial charge on any atom is 0.228 e. The number of anilines is 1. The third-order valence-electron chi connectivity index (χ3n) is 3.81. The molecule has 0 fully saturated rings. The van der Waals surface area contributed by atoms with Gasteiger partial charge in [-0.1, -0.05) is 12.1 Å². The van der Waals surface area contributed by atoms with Gasteiger partial charge in [0.25, 0.3) is 0 Å². The molecule has 0 saturated heterocycles. The Bertz CT molecular complexity index is 922. The number of nitrogens with zero attached hydrogens (tertiary/aromatic N) is 2. The molecule has 6 heteroatoms. The van der Waals surface area contributed by atoms with Crippen molar-refractivity contribution >= 4 is 23.4 Å². The zero-order valence-electron chi connectivity index (χ0n) is 15.5. The number of carbonyl (C=O) groups excluding carboxylic acids is 1. The van der Waals surface area contributed by atoms with Gasteiger partial charge >= 0.3 is 0 Å². The Morgan fingerprint density at radius 1 is 1.04 bits per heavy atom. The number of ether oxygens (including phenoxy) is 1. The van der Waals surface area contributed by atoms with Gasteiger partial charge in [-0.25, -0.2) is 9.97 Å². The van der Waals surface area contributed by atoms with Crippen molar-refractivity contribution in [3.8, 4) is 5.75 Å². The molecular formula is C21H21N3O2S. The molecule has 5 nitrogen and oxygen atoms in total. The molecule has 0 aliphatic rings. The van der Waals surface area contributed by atoms with Crippen LogP contribution in [0.2, 0.25) is 0 Å². The van der Waals surface area contributed by atoms with Crippen molar-refractivity contribution in [2.45, 2.75) is 30.3 Å². The molecule has 0 saturated carbocycles. The van der Waals surface area contributed by atoms with Gasteiger partial charge in [-0.3, -0.25) is 4.79 Å². The lowest BCUT2D eigenvalue weighted by Gasteiger charge is -2.08. The van der Waals surface area contributed by atoms with Crippen molar-refractivity contribution in [3.63, 3.8) is 0 Å². The highest BCUT2D eigenvalue weighted by atomic mass is 32.2. The Balaban J connectivity index is 1.60. The monoisotopic (exact) mass is 379 g/mol. The van der Waals surface area contributed by atoms with Crippen LogP contribution in [0.5, 0.6) is 5.75 Å². The van der Waals surface area contributed by atoms with Crippen LogP contribution in [-0.2, 0) is 11.2 Å². The van der Waals surface area contributed by atoms with Crippen molar-refractivity contribution in [3.05, 3.63) is 71.5 Å². The van der Waals surface area contributed by atoms with Gasteiger partial charge < -0.3 is 10.1 Å². The standard InChI is InChI=1S/C21H21N3O2S/c1-14-11-15(2)23-21(22-14)27-19-9-7-17(8-10-19)24-20(25)13-16-5-4-6-18(12-16)26-3/h4-12H,13H2,1-3H3,(H,24,25). The first-order valence-corrected chi connectivity index (χ1v) is 9.36. The van der Waals surface area contributed by atoms with Crippen molar-refractivity contribution in [1.82, 2.24) is 9.97 Å². The van der Waals surface area contributed by atoms with Crippen LogP contribution in [0, 0.1) is 13.8 Å². The van der Waals surface area contributed by atoms with Gasteiger partial charge in [0, 0.05) is 22.0 Å². The molecule has 3 aromatic rings. The van der Waals surface area contributed by atoms with E-state index in [1.165, 1.54) is 11.8 Å². The van der Waals surface area contributed by atoms with Crippen molar-refractivity contribution in [1.29, 1.82) is 0 Å². The Morgan fingerprint density at radius 2 is 1.74 bits per heavy atom. The van der Waals surface area contributed by atoms with Crippen LogP contribution in [0.3, 0.4) is 0 Å². The van der Waals surface area contributed by atoms with Crippen LogP contribution in [0.1, 0.15) is 17.0 Å². The van der Waals surface area contributed by atoms with Crippen LogP contribution < -0.4 is 10.1 Å². The summed E-state index contributed by atoms with van der Waals surface area (Å²) in [6, 6.07) is 17.1. The number of methoxy groups -OCH3 is 1. The third kappa shape index (κ3) is 5.56. The van der Waals surface area contributed by atoms with E-state index in [0.717, 1.165) is 38.4 Å². The van der Waals surface area contributed by atoms with Gasteiger partial charge in [0.1, 0.15) is 5.75 Å². The molecule has 0 aliphatic heterocycles. The van der Waals surface area contributed by atoms with Crippen LogP contribution >= 0.6 is 11.8 Å². The van der Waals surface area contributed by atoms with Gasteiger partial charge in [0.15, 0.2) is 5.16 Å². The van der Waals surface area contributed by atoms with E-state index in [2.05, 4.69) is 15.3 Å². The highest BCUT2D eigenvalue weighted by molar-refractivity contribution is 7.99. The number of amides is 1. The van der Waals surface area contributed by atoms with Gasteiger partial charge in [0.05, 0.1) is 13.5 Å². The Hall–Kier alpha value is -2.86. The van der Waals surface area contributed by atoms with E-state index in [9.17, 15) is 4.79 Å². The summed E-state index contributed by atoms with van der Waals surface area (Å²) in [5, 5.41) is 3.64. The van der Waals surface area contributed by atoms with E-state index in [0.29, 0.717) is 6.42 Å². The summed E-state index contributed by atoms with van der Waals surface area (Å²) in [5.41, 5.74) is 3.57. The van der Waals surface area contributed by atoms with Crippen molar-refractivity contribution in [2.75, 3.05) is 12.4 Å². The van der Waals surface area contributed by atoms with Crippen molar-refractivity contribution in [2.24, 2.45) is 0 Å². The molecule has 0 unspecified atom stereocenters. The summed E-state index contributed by atoms with van der Waals surface area (Å²) in [5.74, 6) is 0.677. The lowest BCUT2D eigenvalue weighted by molar-refractivity contribution is -0.115. The molecule has 0 aliphatic carbocycles.